The van der Waals surface area contributed by atoms with Gasteiger partial charge in [-0.2, -0.15) is 0 Å². The van der Waals surface area contributed by atoms with Crippen molar-refractivity contribution in [3.63, 3.8) is 0 Å². The fourth-order valence-corrected chi connectivity index (χ4v) is 2.89. The van der Waals surface area contributed by atoms with Crippen LogP contribution in [0.2, 0.25) is 5.02 Å². The molecule has 28 heavy (non-hydrogen) atoms. The van der Waals surface area contributed by atoms with E-state index in [1.54, 1.807) is 12.1 Å². The van der Waals surface area contributed by atoms with Gasteiger partial charge in [-0.25, -0.2) is 9.69 Å². The first kappa shape index (κ1) is 19.2. The second-order valence-corrected chi connectivity index (χ2v) is 6.08. The zero-order valence-corrected chi connectivity index (χ0v) is 15.6. The zero-order chi connectivity index (χ0) is 20.4. The maximum absolute atomic E-state index is 13.0. The van der Waals surface area contributed by atoms with Gasteiger partial charge >= 0.3 is 6.03 Å². The molecule has 8 nitrogen and oxygen atoms in total. The van der Waals surface area contributed by atoms with E-state index in [9.17, 15) is 19.5 Å². The summed E-state index contributed by atoms with van der Waals surface area (Å²) in [5, 5.41) is 12.2. The van der Waals surface area contributed by atoms with Gasteiger partial charge in [0, 0.05) is 17.7 Å². The van der Waals surface area contributed by atoms with Crippen molar-refractivity contribution in [2.45, 2.75) is 0 Å². The molecule has 2 aromatic rings. The molecule has 4 amide bonds. The number of ether oxygens (including phenoxy) is 2. The standard InChI is InChI=1S/C19H15ClN2O6/c1-27-15-9-13(16(28-2)8-12(15)20)22-18(25)11(17(24)21-19(22)26)7-10-5-3-4-6-14(10)23/h3-9,23H,1-2H3,(H,21,24,26)/b11-7+. The van der Waals surface area contributed by atoms with E-state index in [0.29, 0.717) is 0 Å². The average molecular weight is 403 g/mol. The fraction of sp³-hybridized carbons (Fsp3) is 0.105. The number of benzene rings is 2. The molecule has 2 aromatic carbocycles. The lowest BCUT2D eigenvalue weighted by Crippen LogP contribution is -2.54. The van der Waals surface area contributed by atoms with Crippen molar-refractivity contribution in [2.24, 2.45) is 0 Å². The topological polar surface area (TPSA) is 105 Å². The van der Waals surface area contributed by atoms with Gasteiger partial charge in [0.05, 0.1) is 24.9 Å². The molecule has 0 bridgehead atoms. The normalized spacial score (nSPS) is 15.6. The molecule has 0 saturated carbocycles. The molecule has 9 heteroatoms. The quantitative estimate of drug-likeness (QED) is 0.601. The SMILES string of the molecule is COc1cc(N2C(=O)NC(=O)/C(=C\c3ccccc3O)C2=O)c(OC)cc1Cl. The van der Waals surface area contributed by atoms with E-state index in [-0.39, 0.29) is 39.1 Å². The van der Waals surface area contributed by atoms with Crippen LogP contribution in [-0.4, -0.2) is 37.2 Å². The summed E-state index contributed by atoms with van der Waals surface area (Å²) in [6.45, 7) is 0. The second kappa shape index (κ2) is 7.61. The maximum Gasteiger partial charge on any atom is 0.336 e. The van der Waals surface area contributed by atoms with Crippen LogP contribution in [0.3, 0.4) is 0 Å². The number of nitrogens with one attached hydrogen (secondary N) is 1. The summed E-state index contributed by atoms with van der Waals surface area (Å²) in [7, 11) is 2.72. The lowest BCUT2D eigenvalue weighted by Gasteiger charge is -2.28. The number of halogens is 1. The number of carbonyl (C=O) groups excluding carboxylic acids is 3. The van der Waals surface area contributed by atoms with E-state index in [1.165, 1.54) is 44.6 Å². The molecule has 1 aliphatic heterocycles. The van der Waals surface area contributed by atoms with Crippen LogP contribution >= 0.6 is 11.6 Å². The summed E-state index contributed by atoms with van der Waals surface area (Å²) in [6, 6.07) is 7.95. The van der Waals surface area contributed by atoms with Gasteiger partial charge in [-0.05, 0) is 12.1 Å². The number of imide groups is 2. The van der Waals surface area contributed by atoms with Crippen LogP contribution in [0.5, 0.6) is 17.2 Å². The van der Waals surface area contributed by atoms with Crippen LogP contribution in [0.15, 0.2) is 42.0 Å². The lowest BCUT2D eigenvalue weighted by molar-refractivity contribution is -0.122. The Kier molecular flexibility index (Phi) is 5.23. The van der Waals surface area contributed by atoms with Gasteiger partial charge in [-0.15, -0.1) is 0 Å². The molecule has 0 spiro atoms. The van der Waals surface area contributed by atoms with Crippen molar-refractivity contribution in [3.8, 4) is 17.2 Å². The van der Waals surface area contributed by atoms with Crippen molar-refractivity contribution in [1.29, 1.82) is 0 Å². The summed E-state index contributed by atoms with van der Waals surface area (Å²) >= 11 is 6.07. The third-order valence-corrected chi connectivity index (χ3v) is 4.33. The fourth-order valence-electron chi connectivity index (χ4n) is 2.66. The first-order chi connectivity index (χ1) is 13.4. The largest absolute Gasteiger partial charge is 0.507 e. The summed E-state index contributed by atoms with van der Waals surface area (Å²) < 4.78 is 10.4. The molecule has 1 fully saturated rings. The summed E-state index contributed by atoms with van der Waals surface area (Å²) in [5.74, 6) is -1.55. The number of amides is 4. The minimum atomic E-state index is -0.952. The van der Waals surface area contributed by atoms with Gasteiger partial charge < -0.3 is 14.6 Å². The Morgan fingerprint density at radius 2 is 1.75 bits per heavy atom. The first-order valence-electron chi connectivity index (χ1n) is 7.98. The number of aromatic hydroxyl groups is 1. The van der Waals surface area contributed by atoms with E-state index >= 15 is 0 Å². The van der Waals surface area contributed by atoms with Crippen molar-refractivity contribution in [3.05, 3.63) is 52.6 Å². The molecular weight excluding hydrogens is 388 g/mol. The number of para-hydroxylation sites is 1. The predicted octanol–water partition coefficient (Wildman–Crippen LogP) is 2.73. The summed E-state index contributed by atoms with van der Waals surface area (Å²) in [4.78, 5) is 38.4. The molecular formula is C19H15ClN2O6. The van der Waals surface area contributed by atoms with E-state index < -0.39 is 17.8 Å². The Labute approximate surface area is 164 Å². The van der Waals surface area contributed by atoms with Gasteiger partial charge in [0.2, 0.25) is 0 Å². The molecule has 0 unspecified atom stereocenters. The number of urea groups is 1. The van der Waals surface area contributed by atoms with Crippen LogP contribution in [0.25, 0.3) is 6.08 Å². The third-order valence-electron chi connectivity index (χ3n) is 4.03. The average Bonchev–Trinajstić information content (AvgIpc) is 2.67. The summed E-state index contributed by atoms with van der Waals surface area (Å²) in [5.41, 5.74) is -0.0463. The number of nitrogens with zero attached hydrogens (tertiary/aromatic N) is 1. The van der Waals surface area contributed by atoms with E-state index in [0.717, 1.165) is 4.90 Å². The van der Waals surface area contributed by atoms with Gasteiger partial charge in [0.1, 0.15) is 22.8 Å². The highest BCUT2D eigenvalue weighted by Gasteiger charge is 2.38. The molecule has 1 aliphatic rings. The van der Waals surface area contributed by atoms with Crippen molar-refractivity contribution in [1.82, 2.24) is 5.32 Å². The van der Waals surface area contributed by atoms with Crippen LogP contribution in [-0.2, 0) is 9.59 Å². The Balaban J connectivity index is 2.12. The molecule has 0 radical (unpaired) electrons. The number of hydrogen-bond donors (Lipinski definition) is 2. The van der Waals surface area contributed by atoms with E-state index in [4.69, 9.17) is 21.1 Å². The molecule has 3 rings (SSSR count). The van der Waals surface area contributed by atoms with E-state index in [2.05, 4.69) is 5.32 Å². The van der Waals surface area contributed by atoms with Crippen LogP contribution < -0.4 is 19.7 Å². The Bertz CT molecular complexity index is 1020. The first-order valence-corrected chi connectivity index (χ1v) is 8.36. The highest BCUT2D eigenvalue weighted by molar-refractivity contribution is 6.39. The number of hydrogen-bond acceptors (Lipinski definition) is 6. The number of anilines is 1. The van der Waals surface area contributed by atoms with Gasteiger partial charge in [0.25, 0.3) is 11.8 Å². The van der Waals surface area contributed by atoms with Gasteiger partial charge in [0.15, 0.2) is 0 Å². The highest BCUT2D eigenvalue weighted by atomic mass is 35.5. The minimum Gasteiger partial charge on any atom is -0.507 e. The molecule has 0 atom stereocenters. The number of methoxy groups -OCH3 is 2. The molecule has 1 heterocycles. The number of phenols is 1. The van der Waals surface area contributed by atoms with Crippen molar-refractivity contribution in [2.75, 3.05) is 19.1 Å². The Hall–Kier alpha value is -3.52. The van der Waals surface area contributed by atoms with Crippen molar-refractivity contribution >= 4 is 41.2 Å². The molecule has 2 N–H and O–H groups in total. The van der Waals surface area contributed by atoms with Crippen LogP contribution in [0.1, 0.15) is 5.56 Å². The summed E-state index contributed by atoms with van der Waals surface area (Å²) in [6.07, 6.45) is 1.20. The van der Waals surface area contributed by atoms with E-state index in [1.807, 2.05) is 0 Å². The lowest BCUT2D eigenvalue weighted by atomic mass is 10.1. The van der Waals surface area contributed by atoms with Crippen LogP contribution in [0, 0.1) is 0 Å². The predicted molar refractivity (Wildman–Crippen MR) is 102 cm³/mol. The number of barbiturate groups is 1. The molecule has 144 valence electrons. The smallest absolute Gasteiger partial charge is 0.336 e. The number of rotatable bonds is 4. The third kappa shape index (κ3) is 3.37. The zero-order valence-electron chi connectivity index (χ0n) is 14.9. The molecule has 0 aliphatic carbocycles. The van der Waals surface area contributed by atoms with Crippen molar-refractivity contribution < 1.29 is 29.0 Å². The minimum absolute atomic E-state index is 0.0435. The monoisotopic (exact) mass is 402 g/mol. The Morgan fingerprint density at radius 3 is 2.39 bits per heavy atom. The maximum atomic E-state index is 13.0. The van der Waals surface area contributed by atoms with Crippen LogP contribution in [0.4, 0.5) is 10.5 Å². The second-order valence-electron chi connectivity index (χ2n) is 5.68. The number of phenolic OH excluding ortho intramolecular Hbond substituents is 1. The highest BCUT2D eigenvalue weighted by Crippen LogP contribution is 2.39. The Morgan fingerprint density at radius 1 is 1.07 bits per heavy atom. The number of carbonyl (C=O) groups is 3. The van der Waals surface area contributed by atoms with Gasteiger partial charge in [-0.3, -0.25) is 14.9 Å². The molecule has 0 aromatic heterocycles. The van der Waals surface area contributed by atoms with Gasteiger partial charge in [-0.1, -0.05) is 29.8 Å². The molecule has 1 saturated heterocycles.